The molecule has 0 radical (unpaired) electrons. The Hall–Kier alpha value is -2.06. The van der Waals surface area contributed by atoms with Crippen LogP contribution in [0.15, 0.2) is 18.2 Å². The Labute approximate surface area is 145 Å². The zero-order valence-corrected chi connectivity index (χ0v) is 14.0. The number of nitrogens with zero attached hydrogens (tertiary/aromatic N) is 1. The molecule has 5 nitrogen and oxygen atoms in total. The smallest absolute Gasteiger partial charge is 0.306 e. The van der Waals surface area contributed by atoms with Crippen LogP contribution in [0.25, 0.3) is 0 Å². The highest BCUT2D eigenvalue weighted by atomic mass is 35.5. The highest BCUT2D eigenvalue weighted by molar-refractivity contribution is 6.32. The minimum absolute atomic E-state index is 0.267. The molecular weight excluding hydrogens is 328 g/mol. The topological polar surface area (TPSA) is 79.2 Å². The summed E-state index contributed by atoms with van der Waals surface area (Å²) in [6.07, 6.45) is 5.30. The molecule has 0 aliphatic heterocycles. The number of anilines is 1. The van der Waals surface area contributed by atoms with E-state index >= 15 is 0 Å². The van der Waals surface area contributed by atoms with Crippen molar-refractivity contribution in [1.82, 2.24) is 0 Å². The molecule has 3 unspecified atom stereocenters. The Kier molecular flexibility index (Phi) is 5.06. The van der Waals surface area contributed by atoms with Crippen molar-refractivity contribution in [3.63, 3.8) is 0 Å². The van der Waals surface area contributed by atoms with Gasteiger partial charge in [0.1, 0.15) is 6.07 Å². The van der Waals surface area contributed by atoms with Crippen molar-refractivity contribution in [2.24, 2.45) is 17.8 Å². The summed E-state index contributed by atoms with van der Waals surface area (Å²) >= 11 is 5.91. The maximum atomic E-state index is 11.9. The summed E-state index contributed by atoms with van der Waals surface area (Å²) < 4.78 is 5.08. The number of nitriles is 1. The summed E-state index contributed by atoms with van der Waals surface area (Å²) in [5, 5.41) is 11.7. The van der Waals surface area contributed by atoms with Gasteiger partial charge in [-0.3, -0.25) is 9.59 Å². The molecule has 3 rings (SSSR count). The summed E-state index contributed by atoms with van der Waals surface area (Å²) in [5.41, 5.74) is 0.806. The highest BCUT2D eigenvalue weighted by Gasteiger charge is 2.40. The largest absolute Gasteiger partial charge is 0.456 e. The third-order valence-corrected chi connectivity index (χ3v) is 5.36. The van der Waals surface area contributed by atoms with Crippen molar-refractivity contribution in [3.8, 4) is 6.07 Å². The Balaban J connectivity index is 1.43. The lowest BCUT2D eigenvalue weighted by molar-refractivity contribution is -0.148. The van der Waals surface area contributed by atoms with Gasteiger partial charge in [0.05, 0.1) is 10.6 Å². The summed E-state index contributed by atoms with van der Waals surface area (Å²) in [6.45, 7) is -0.308. The van der Waals surface area contributed by atoms with Crippen molar-refractivity contribution in [1.29, 1.82) is 5.26 Å². The van der Waals surface area contributed by atoms with Gasteiger partial charge in [0.15, 0.2) is 6.61 Å². The second kappa shape index (κ2) is 7.23. The van der Waals surface area contributed by atoms with Crippen LogP contribution in [0.5, 0.6) is 0 Å². The van der Waals surface area contributed by atoms with Crippen molar-refractivity contribution in [3.05, 3.63) is 28.8 Å². The maximum absolute atomic E-state index is 11.9. The molecule has 2 saturated carbocycles. The first-order chi connectivity index (χ1) is 11.5. The molecule has 1 amide bonds. The number of fused-ring (bicyclic) bond motifs is 2. The quantitative estimate of drug-likeness (QED) is 0.827. The van der Waals surface area contributed by atoms with Crippen molar-refractivity contribution in [2.45, 2.75) is 32.1 Å². The third kappa shape index (κ3) is 3.88. The number of rotatable bonds is 5. The standard InChI is InChI=1S/C18H19ClN2O3/c19-16-8-15(4-3-13(16)9-20)21-17(22)10-24-18(23)7-14-6-11-1-2-12(14)5-11/h3-4,8,11-12,14H,1-2,5-7,10H2,(H,21,22). The second-order valence-electron chi connectivity index (χ2n) is 6.65. The Bertz CT molecular complexity index is 698. The van der Waals surface area contributed by atoms with Crippen LogP contribution < -0.4 is 5.32 Å². The molecule has 0 aromatic heterocycles. The average molecular weight is 347 g/mol. The SMILES string of the molecule is N#Cc1ccc(NC(=O)COC(=O)CC2CC3CCC2C3)cc1Cl. The van der Waals surface area contributed by atoms with E-state index in [0.29, 0.717) is 29.5 Å². The minimum Gasteiger partial charge on any atom is -0.456 e. The van der Waals surface area contributed by atoms with E-state index in [2.05, 4.69) is 5.32 Å². The van der Waals surface area contributed by atoms with Gasteiger partial charge in [0.2, 0.25) is 0 Å². The molecule has 2 aliphatic carbocycles. The van der Waals surface area contributed by atoms with Crippen molar-refractivity contribution < 1.29 is 14.3 Å². The van der Waals surface area contributed by atoms with Gasteiger partial charge >= 0.3 is 5.97 Å². The molecule has 24 heavy (non-hydrogen) atoms. The fourth-order valence-electron chi connectivity index (χ4n) is 3.93. The van der Waals surface area contributed by atoms with Gasteiger partial charge in [-0.2, -0.15) is 5.26 Å². The van der Waals surface area contributed by atoms with Gasteiger partial charge in [0.25, 0.3) is 5.91 Å². The normalized spacial score (nSPS) is 24.4. The lowest BCUT2D eigenvalue weighted by atomic mass is 9.86. The highest BCUT2D eigenvalue weighted by Crippen LogP contribution is 2.49. The Morgan fingerprint density at radius 3 is 2.79 bits per heavy atom. The summed E-state index contributed by atoms with van der Waals surface area (Å²) in [4.78, 5) is 23.8. The molecular formula is C18H19ClN2O3. The number of amides is 1. The lowest BCUT2D eigenvalue weighted by Gasteiger charge is -2.20. The molecule has 2 aliphatic rings. The van der Waals surface area contributed by atoms with E-state index in [1.54, 1.807) is 6.07 Å². The van der Waals surface area contributed by atoms with E-state index in [-0.39, 0.29) is 17.6 Å². The van der Waals surface area contributed by atoms with E-state index < -0.39 is 5.91 Å². The Morgan fingerprint density at radius 1 is 1.33 bits per heavy atom. The van der Waals surface area contributed by atoms with E-state index in [1.165, 1.54) is 31.4 Å². The molecule has 0 saturated heterocycles. The van der Waals surface area contributed by atoms with Crippen LogP contribution in [0.4, 0.5) is 5.69 Å². The zero-order valence-electron chi connectivity index (χ0n) is 13.3. The van der Waals surface area contributed by atoms with E-state index in [0.717, 1.165) is 12.3 Å². The molecule has 126 valence electrons. The monoisotopic (exact) mass is 346 g/mol. The molecule has 0 spiro atoms. The van der Waals surface area contributed by atoms with Gasteiger partial charge in [-0.1, -0.05) is 18.0 Å². The number of hydrogen-bond donors (Lipinski definition) is 1. The molecule has 1 aromatic carbocycles. The summed E-state index contributed by atoms with van der Waals surface area (Å²) in [7, 11) is 0. The van der Waals surface area contributed by atoms with E-state index in [1.807, 2.05) is 6.07 Å². The van der Waals surface area contributed by atoms with Gasteiger partial charge in [-0.25, -0.2) is 0 Å². The van der Waals surface area contributed by atoms with Crippen LogP contribution in [0.1, 0.15) is 37.7 Å². The molecule has 1 aromatic rings. The minimum atomic E-state index is -0.419. The number of esters is 1. The summed E-state index contributed by atoms with van der Waals surface area (Å²) in [6, 6.07) is 6.55. The first-order valence-corrected chi connectivity index (χ1v) is 8.58. The number of ether oxygens (including phenoxy) is 1. The third-order valence-electron chi connectivity index (χ3n) is 5.05. The van der Waals surface area contributed by atoms with Crippen LogP contribution in [-0.2, 0) is 14.3 Å². The predicted octanol–water partition coefficient (Wildman–Crippen LogP) is 3.52. The zero-order chi connectivity index (χ0) is 17.1. The van der Waals surface area contributed by atoms with Crippen LogP contribution >= 0.6 is 11.6 Å². The maximum Gasteiger partial charge on any atom is 0.306 e. The van der Waals surface area contributed by atoms with Crippen LogP contribution in [0, 0.1) is 29.1 Å². The van der Waals surface area contributed by atoms with E-state index in [4.69, 9.17) is 21.6 Å². The van der Waals surface area contributed by atoms with Crippen LogP contribution in [0.2, 0.25) is 5.02 Å². The number of hydrogen-bond acceptors (Lipinski definition) is 4. The molecule has 1 N–H and O–H groups in total. The number of halogens is 1. The van der Waals surface area contributed by atoms with Gasteiger partial charge < -0.3 is 10.1 Å². The number of nitrogens with one attached hydrogen (secondary N) is 1. The molecule has 0 heterocycles. The summed E-state index contributed by atoms with van der Waals surface area (Å²) in [5.74, 6) is 1.16. The number of carbonyl (C=O) groups excluding carboxylic acids is 2. The fourth-order valence-corrected chi connectivity index (χ4v) is 4.15. The van der Waals surface area contributed by atoms with Crippen molar-refractivity contribution >= 4 is 29.2 Å². The van der Waals surface area contributed by atoms with Gasteiger partial charge in [-0.05, 0) is 55.2 Å². The molecule has 6 heteroatoms. The van der Waals surface area contributed by atoms with Crippen LogP contribution in [-0.4, -0.2) is 18.5 Å². The van der Waals surface area contributed by atoms with E-state index in [9.17, 15) is 9.59 Å². The number of carbonyl (C=O) groups is 2. The first-order valence-electron chi connectivity index (χ1n) is 8.20. The van der Waals surface area contributed by atoms with Gasteiger partial charge in [-0.15, -0.1) is 0 Å². The van der Waals surface area contributed by atoms with Crippen molar-refractivity contribution in [2.75, 3.05) is 11.9 Å². The van der Waals surface area contributed by atoms with Crippen LogP contribution in [0.3, 0.4) is 0 Å². The first kappa shape index (κ1) is 16.8. The second-order valence-corrected chi connectivity index (χ2v) is 7.06. The van der Waals surface area contributed by atoms with Gasteiger partial charge in [0, 0.05) is 12.1 Å². The number of benzene rings is 1. The fraction of sp³-hybridized carbons (Fsp3) is 0.500. The molecule has 2 fully saturated rings. The predicted molar refractivity (Wildman–Crippen MR) is 89.3 cm³/mol. The molecule has 3 atom stereocenters. The average Bonchev–Trinajstić information content (AvgIpc) is 3.16. The lowest BCUT2D eigenvalue weighted by Crippen LogP contribution is -2.23. The molecule has 2 bridgehead atoms. The Morgan fingerprint density at radius 2 is 2.17 bits per heavy atom.